The Hall–Kier alpha value is -0.200. The molecule has 0 aliphatic rings. The van der Waals surface area contributed by atoms with Crippen LogP contribution < -0.4 is 11.5 Å². The van der Waals surface area contributed by atoms with Crippen molar-refractivity contribution in [2.45, 2.75) is 97.9 Å². The lowest BCUT2D eigenvalue weighted by molar-refractivity contribution is -0.431. The molecule has 0 aromatic carbocycles. The van der Waals surface area contributed by atoms with Gasteiger partial charge in [-0.1, -0.05) is 45.4 Å². The highest BCUT2D eigenvalue weighted by molar-refractivity contribution is 4.90. The molecule has 0 aliphatic carbocycles. The number of hydrogen-bond donors (Lipinski definition) is 2. The van der Waals surface area contributed by atoms with E-state index in [1.54, 1.807) is 0 Å². The van der Waals surface area contributed by atoms with Gasteiger partial charge < -0.3 is 25.7 Å². The number of nitrogens with two attached hydrogens (primary N) is 2. The summed E-state index contributed by atoms with van der Waals surface area (Å²) in [6.07, 6.45) is 11.2. The smallest absolute Gasteiger partial charge is 0.288 e. The minimum Gasteiger partial charge on any atom is -0.330 e. The fourth-order valence-corrected chi connectivity index (χ4v) is 3.95. The summed E-state index contributed by atoms with van der Waals surface area (Å²) in [4.78, 5) is 0. The van der Waals surface area contributed by atoms with Crippen LogP contribution in [0.15, 0.2) is 0 Å². The summed E-state index contributed by atoms with van der Waals surface area (Å²) in [7, 11) is 0. The first-order valence-corrected chi connectivity index (χ1v) is 10.9. The highest BCUT2D eigenvalue weighted by atomic mass is 16.9. The molecule has 0 aliphatic heterocycles. The first kappa shape index (κ1) is 25.8. The average Bonchev–Trinajstić information content (AvgIpc) is 2.63. The van der Waals surface area contributed by atoms with Gasteiger partial charge in [0.2, 0.25) is 0 Å². The molecule has 158 valence electrons. The van der Waals surface area contributed by atoms with E-state index < -0.39 is 5.97 Å². The van der Waals surface area contributed by atoms with Crippen LogP contribution in [0.3, 0.4) is 0 Å². The lowest BCUT2D eigenvalue weighted by atomic mass is 9.72. The second kappa shape index (κ2) is 15.8. The van der Waals surface area contributed by atoms with E-state index in [1.807, 2.05) is 20.8 Å². The second-order valence-corrected chi connectivity index (χ2v) is 7.08. The average molecular weight is 375 g/mol. The summed E-state index contributed by atoms with van der Waals surface area (Å²) in [5, 5.41) is 0. The molecule has 0 aromatic heterocycles. The Kier molecular flexibility index (Phi) is 15.7. The maximum Gasteiger partial charge on any atom is 0.288 e. The molecule has 0 bridgehead atoms. The molecule has 1 unspecified atom stereocenters. The minimum atomic E-state index is -1.02. The van der Waals surface area contributed by atoms with E-state index in [2.05, 4.69) is 6.92 Å². The normalized spacial score (nSPS) is 14.5. The van der Waals surface area contributed by atoms with Gasteiger partial charge in [-0.25, -0.2) is 0 Å². The van der Waals surface area contributed by atoms with Gasteiger partial charge in [0.15, 0.2) is 0 Å². The molecule has 4 N–H and O–H groups in total. The Bertz CT molecular complexity index is 299. The van der Waals surface area contributed by atoms with E-state index in [9.17, 15) is 0 Å². The second-order valence-electron chi connectivity index (χ2n) is 7.08. The monoisotopic (exact) mass is 374 g/mol. The fourth-order valence-electron chi connectivity index (χ4n) is 3.95. The summed E-state index contributed by atoms with van der Waals surface area (Å²) in [6, 6.07) is 0. The molecule has 26 heavy (non-hydrogen) atoms. The van der Waals surface area contributed by atoms with E-state index >= 15 is 0 Å². The molecule has 0 radical (unpaired) electrons. The molecule has 0 fully saturated rings. The van der Waals surface area contributed by atoms with Crippen molar-refractivity contribution >= 4 is 0 Å². The van der Waals surface area contributed by atoms with Gasteiger partial charge in [0.25, 0.3) is 5.97 Å². The fraction of sp³-hybridized carbons (Fsp3) is 1.00. The first-order valence-electron chi connectivity index (χ1n) is 10.9. The largest absolute Gasteiger partial charge is 0.330 e. The molecule has 0 spiro atoms. The SMILES string of the molecule is CCCCCCCCC(CCN)(CCCN)C(OCC)(OCC)OCC. The third-order valence-corrected chi connectivity index (χ3v) is 5.14. The van der Waals surface area contributed by atoms with Crippen LogP contribution in [0.1, 0.15) is 91.9 Å². The Balaban J connectivity index is 5.42. The van der Waals surface area contributed by atoms with Crippen LogP contribution in [0.5, 0.6) is 0 Å². The Morgan fingerprint density at radius 3 is 1.54 bits per heavy atom. The predicted octanol–water partition coefficient (Wildman–Crippen LogP) is 4.57. The molecular formula is C21H46N2O3. The zero-order valence-electron chi connectivity index (χ0n) is 18.0. The molecule has 0 heterocycles. The van der Waals surface area contributed by atoms with Gasteiger partial charge in [-0.3, -0.25) is 0 Å². The van der Waals surface area contributed by atoms with Gasteiger partial charge in [0.05, 0.1) is 5.41 Å². The molecule has 5 nitrogen and oxygen atoms in total. The summed E-state index contributed by atoms with van der Waals surface area (Å²) in [5.41, 5.74) is 11.6. The van der Waals surface area contributed by atoms with Gasteiger partial charge >= 0.3 is 0 Å². The maximum absolute atomic E-state index is 6.18. The third-order valence-electron chi connectivity index (χ3n) is 5.14. The zero-order chi connectivity index (χ0) is 19.7. The topological polar surface area (TPSA) is 79.7 Å². The predicted molar refractivity (Wildman–Crippen MR) is 110 cm³/mol. The van der Waals surface area contributed by atoms with Crippen LogP contribution in [0.2, 0.25) is 0 Å². The molecule has 1 atom stereocenters. The highest BCUT2D eigenvalue weighted by Crippen LogP contribution is 2.48. The van der Waals surface area contributed by atoms with Crippen LogP contribution in [-0.4, -0.2) is 38.9 Å². The zero-order valence-corrected chi connectivity index (χ0v) is 18.0. The standard InChI is InChI=1S/C21H46N2O3/c1-5-9-10-11-12-13-15-20(17-19-23,16-14-18-22)21(24-6-2,25-7-3)26-8-4/h5-19,22-23H2,1-4H3. The molecule has 0 rings (SSSR count). The molecule has 0 aromatic rings. The van der Waals surface area contributed by atoms with Gasteiger partial charge in [-0.2, -0.15) is 0 Å². The van der Waals surface area contributed by atoms with Crippen molar-refractivity contribution < 1.29 is 14.2 Å². The molecule has 0 saturated heterocycles. The van der Waals surface area contributed by atoms with Gasteiger partial charge in [0, 0.05) is 19.8 Å². The van der Waals surface area contributed by atoms with Crippen molar-refractivity contribution in [1.82, 2.24) is 0 Å². The van der Waals surface area contributed by atoms with E-state index in [-0.39, 0.29) is 5.41 Å². The maximum atomic E-state index is 6.18. The van der Waals surface area contributed by atoms with Gasteiger partial charge in [-0.05, 0) is 59.5 Å². The lowest BCUT2D eigenvalue weighted by Crippen LogP contribution is -2.56. The van der Waals surface area contributed by atoms with Crippen LogP contribution in [-0.2, 0) is 14.2 Å². The molecular weight excluding hydrogens is 328 g/mol. The van der Waals surface area contributed by atoms with Crippen molar-refractivity contribution in [1.29, 1.82) is 0 Å². The summed E-state index contributed by atoms with van der Waals surface area (Å²) >= 11 is 0. The van der Waals surface area contributed by atoms with Crippen molar-refractivity contribution in [2.24, 2.45) is 16.9 Å². The van der Waals surface area contributed by atoms with Crippen molar-refractivity contribution in [3.05, 3.63) is 0 Å². The highest BCUT2D eigenvalue weighted by Gasteiger charge is 2.53. The summed E-state index contributed by atoms with van der Waals surface area (Å²) < 4.78 is 18.5. The Morgan fingerprint density at radius 2 is 1.08 bits per heavy atom. The number of hydrogen-bond acceptors (Lipinski definition) is 5. The third kappa shape index (κ3) is 8.22. The first-order chi connectivity index (χ1) is 12.6. The molecule has 5 heteroatoms. The van der Waals surface area contributed by atoms with E-state index in [4.69, 9.17) is 25.7 Å². The van der Waals surface area contributed by atoms with Crippen LogP contribution in [0.4, 0.5) is 0 Å². The van der Waals surface area contributed by atoms with Crippen molar-refractivity contribution in [2.75, 3.05) is 32.9 Å². The van der Waals surface area contributed by atoms with Crippen molar-refractivity contribution in [3.8, 4) is 0 Å². The summed E-state index contributed by atoms with van der Waals surface area (Å²) in [5.74, 6) is -1.02. The van der Waals surface area contributed by atoms with Gasteiger partial charge in [-0.15, -0.1) is 0 Å². The van der Waals surface area contributed by atoms with Crippen LogP contribution in [0.25, 0.3) is 0 Å². The molecule has 0 saturated carbocycles. The quantitative estimate of drug-likeness (QED) is 0.256. The Morgan fingerprint density at radius 1 is 0.577 bits per heavy atom. The van der Waals surface area contributed by atoms with Crippen molar-refractivity contribution in [3.63, 3.8) is 0 Å². The number of ether oxygens (including phenoxy) is 3. The van der Waals surface area contributed by atoms with E-state index in [0.29, 0.717) is 32.9 Å². The minimum absolute atomic E-state index is 0.256. The number of unbranched alkanes of at least 4 members (excludes halogenated alkanes) is 5. The Labute approximate surface area is 162 Å². The van der Waals surface area contributed by atoms with Crippen LogP contribution in [0, 0.1) is 5.41 Å². The molecule has 0 amide bonds. The van der Waals surface area contributed by atoms with E-state index in [0.717, 1.165) is 32.1 Å². The van der Waals surface area contributed by atoms with E-state index in [1.165, 1.54) is 32.1 Å². The lowest BCUT2D eigenvalue weighted by Gasteiger charge is -2.49. The van der Waals surface area contributed by atoms with Gasteiger partial charge in [0.1, 0.15) is 0 Å². The summed E-state index contributed by atoms with van der Waals surface area (Å²) in [6.45, 7) is 11.1. The number of rotatable bonds is 19. The van der Waals surface area contributed by atoms with Crippen LogP contribution >= 0.6 is 0 Å².